The molecule has 0 aromatic heterocycles. The van der Waals surface area contributed by atoms with Crippen LogP contribution in [0.4, 0.5) is 4.79 Å². The van der Waals surface area contributed by atoms with E-state index in [1.165, 1.54) is 0 Å². The third-order valence-electron chi connectivity index (χ3n) is 2.36. The quantitative estimate of drug-likeness (QED) is 0.728. The zero-order valence-corrected chi connectivity index (χ0v) is 8.03. The third-order valence-corrected chi connectivity index (χ3v) is 2.36. The predicted molar refractivity (Wildman–Crippen MR) is 47.8 cm³/mol. The molecule has 0 spiro atoms. The zero-order chi connectivity index (χ0) is 9.80. The molecule has 1 amide bonds. The van der Waals surface area contributed by atoms with E-state index in [0.717, 1.165) is 25.9 Å². The number of alkyl carbamates (subject to hydrolysis) is 1. The van der Waals surface area contributed by atoms with Crippen LogP contribution in [0, 0.1) is 0 Å². The molecule has 2 aliphatic rings. The lowest BCUT2D eigenvalue weighted by Crippen LogP contribution is -2.34. The Hall–Kier alpha value is -0.810. The minimum absolute atomic E-state index is 0.0203. The van der Waals surface area contributed by atoms with Crippen molar-refractivity contribution in [2.75, 3.05) is 19.8 Å². The van der Waals surface area contributed by atoms with E-state index >= 15 is 0 Å². The maximum atomic E-state index is 10.7. The molecule has 2 heterocycles. The highest BCUT2D eigenvalue weighted by Crippen LogP contribution is 2.14. The summed E-state index contributed by atoms with van der Waals surface area (Å²) in [4.78, 5) is 10.7. The molecule has 0 aliphatic carbocycles. The molecule has 2 rings (SSSR count). The van der Waals surface area contributed by atoms with E-state index < -0.39 is 0 Å². The fourth-order valence-corrected chi connectivity index (χ4v) is 1.58. The number of hydrogen-bond donors (Lipinski definition) is 1. The van der Waals surface area contributed by atoms with Gasteiger partial charge in [0.05, 0.1) is 12.6 Å². The van der Waals surface area contributed by atoms with Gasteiger partial charge in [-0.1, -0.05) is 0 Å². The van der Waals surface area contributed by atoms with Crippen LogP contribution in [0.2, 0.25) is 0 Å². The van der Waals surface area contributed by atoms with E-state index in [1.54, 1.807) is 0 Å². The lowest BCUT2D eigenvalue weighted by molar-refractivity contribution is -0.165. The van der Waals surface area contributed by atoms with Gasteiger partial charge in [0, 0.05) is 6.61 Å². The number of amides is 1. The van der Waals surface area contributed by atoms with Crippen molar-refractivity contribution >= 4 is 6.09 Å². The van der Waals surface area contributed by atoms with Crippen LogP contribution in [0.15, 0.2) is 0 Å². The summed E-state index contributed by atoms with van der Waals surface area (Å²) in [5.74, 6) is 0. The van der Waals surface area contributed by atoms with Gasteiger partial charge in [-0.25, -0.2) is 4.79 Å². The highest BCUT2D eigenvalue weighted by Gasteiger charge is 2.24. The molecule has 80 valence electrons. The Bertz CT molecular complexity index is 203. The maximum absolute atomic E-state index is 10.7. The van der Waals surface area contributed by atoms with E-state index in [9.17, 15) is 4.79 Å². The van der Waals surface area contributed by atoms with Gasteiger partial charge in [0.2, 0.25) is 0 Å². The Morgan fingerprint density at radius 2 is 2.43 bits per heavy atom. The number of cyclic esters (lactones) is 1. The highest BCUT2D eigenvalue weighted by molar-refractivity contribution is 5.69. The van der Waals surface area contributed by atoms with Crippen molar-refractivity contribution in [1.82, 2.24) is 5.32 Å². The summed E-state index contributed by atoms with van der Waals surface area (Å²) in [6, 6.07) is -0.0203. The molecule has 1 unspecified atom stereocenters. The Labute approximate surface area is 82.7 Å². The van der Waals surface area contributed by atoms with Crippen LogP contribution in [-0.4, -0.2) is 38.2 Å². The van der Waals surface area contributed by atoms with E-state index in [2.05, 4.69) is 5.32 Å². The first-order valence-corrected chi connectivity index (χ1v) is 5.01. The van der Waals surface area contributed by atoms with Crippen molar-refractivity contribution in [3.05, 3.63) is 0 Å². The average molecular weight is 201 g/mol. The van der Waals surface area contributed by atoms with Crippen LogP contribution < -0.4 is 5.32 Å². The first kappa shape index (κ1) is 9.73. The van der Waals surface area contributed by atoms with Crippen molar-refractivity contribution in [2.24, 2.45) is 0 Å². The van der Waals surface area contributed by atoms with Crippen LogP contribution >= 0.6 is 0 Å². The molecule has 0 aromatic carbocycles. The van der Waals surface area contributed by atoms with Gasteiger partial charge in [-0.3, -0.25) is 0 Å². The zero-order valence-electron chi connectivity index (χ0n) is 8.03. The molecule has 2 fully saturated rings. The monoisotopic (exact) mass is 201 g/mol. The lowest BCUT2D eigenvalue weighted by Gasteiger charge is -2.23. The molecule has 0 aromatic rings. The third kappa shape index (κ3) is 2.59. The molecule has 2 aliphatic heterocycles. The topological polar surface area (TPSA) is 56.8 Å². The number of nitrogens with one attached hydrogen (secondary N) is 1. The number of hydrogen-bond acceptors (Lipinski definition) is 4. The second kappa shape index (κ2) is 4.61. The van der Waals surface area contributed by atoms with E-state index in [1.807, 2.05) is 0 Å². The first-order chi connectivity index (χ1) is 6.84. The number of rotatable bonds is 3. The highest BCUT2D eigenvalue weighted by atomic mass is 16.7. The Balaban J connectivity index is 1.63. The maximum Gasteiger partial charge on any atom is 0.407 e. The van der Waals surface area contributed by atoms with Crippen LogP contribution in [0.1, 0.15) is 19.3 Å². The van der Waals surface area contributed by atoms with E-state index in [-0.39, 0.29) is 18.4 Å². The Morgan fingerprint density at radius 3 is 3.07 bits per heavy atom. The molecule has 2 saturated heterocycles. The Kier molecular flexibility index (Phi) is 3.21. The summed E-state index contributed by atoms with van der Waals surface area (Å²) in [5.41, 5.74) is 0. The molecule has 2 atom stereocenters. The summed E-state index contributed by atoms with van der Waals surface area (Å²) in [6.07, 6.45) is 2.76. The SMILES string of the molecule is O=C1N[C@@H](COC2CCCCO2)CO1. The largest absolute Gasteiger partial charge is 0.447 e. The van der Waals surface area contributed by atoms with Crippen molar-refractivity contribution in [2.45, 2.75) is 31.6 Å². The summed E-state index contributed by atoms with van der Waals surface area (Å²) < 4.78 is 15.6. The summed E-state index contributed by atoms with van der Waals surface area (Å²) in [5, 5.41) is 2.65. The van der Waals surface area contributed by atoms with Gasteiger partial charge in [0.15, 0.2) is 6.29 Å². The van der Waals surface area contributed by atoms with E-state index in [4.69, 9.17) is 14.2 Å². The standard InChI is InChI=1S/C9H15NO4/c11-9-10-7(6-14-9)5-13-8-3-1-2-4-12-8/h7-8H,1-6H2,(H,10,11)/t7-,8?/m0/s1. The van der Waals surface area contributed by atoms with Crippen molar-refractivity contribution in [3.8, 4) is 0 Å². The van der Waals surface area contributed by atoms with Crippen molar-refractivity contribution < 1.29 is 19.0 Å². The predicted octanol–water partition coefficient (Wildman–Crippen LogP) is 0.638. The fraction of sp³-hybridized carbons (Fsp3) is 0.889. The number of ether oxygens (including phenoxy) is 3. The molecule has 14 heavy (non-hydrogen) atoms. The van der Waals surface area contributed by atoms with Gasteiger partial charge >= 0.3 is 6.09 Å². The molecule has 0 saturated carbocycles. The number of carbonyl (C=O) groups is 1. The first-order valence-electron chi connectivity index (χ1n) is 5.01. The molecule has 5 heteroatoms. The second-order valence-electron chi connectivity index (χ2n) is 3.57. The van der Waals surface area contributed by atoms with Crippen molar-refractivity contribution in [3.63, 3.8) is 0 Å². The smallest absolute Gasteiger partial charge is 0.407 e. The van der Waals surface area contributed by atoms with Gasteiger partial charge in [0.25, 0.3) is 0 Å². The average Bonchev–Trinajstić information content (AvgIpc) is 2.63. The summed E-state index contributed by atoms with van der Waals surface area (Å²) in [7, 11) is 0. The second-order valence-corrected chi connectivity index (χ2v) is 3.57. The summed E-state index contributed by atoms with van der Waals surface area (Å²) >= 11 is 0. The summed E-state index contributed by atoms with van der Waals surface area (Å²) in [6.45, 7) is 1.64. The van der Waals surface area contributed by atoms with Gasteiger partial charge < -0.3 is 19.5 Å². The molecule has 0 bridgehead atoms. The van der Waals surface area contributed by atoms with Crippen LogP contribution in [0.3, 0.4) is 0 Å². The van der Waals surface area contributed by atoms with Crippen LogP contribution in [0.5, 0.6) is 0 Å². The van der Waals surface area contributed by atoms with E-state index in [0.29, 0.717) is 13.2 Å². The molecular formula is C9H15NO4. The number of carbonyl (C=O) groups excluding carboxylic acids is 1. The van der Waals surface area contributed by atoms with Crippen LogP contribution in [0.25, 0.3) is 0 Å². The Morgan fingerprint density at radius 1 is 1.50 bits per heavy atom. The van der Waals surface area contributed by atoms with Gasteiger partial charge in [-0.2, -0.15) is 0 Å². The van der Waals surface area contributed by atoms with Crippen LogP contribution in [-0.2, 0) is 14.2 Å². The molecule has 0 radical (unpaired) electrons. The van der Waals surface area contributed by atoms with Gasteiger partial charge in [0.1, 0.15) is 6.61 Å². The lowest BCUT2D eigenvalue weighted by atomic mass is 10.2. The van der Waals surface area contributed by atoms with Gasteiger partial charge in [-0.15, -0.1) is 0 Å². The minimum Gasteiger partial charge on any atom is -0.447 e. The fourth-order valence-electron chi connectivity index (χ4n) is 1.58. The normalized spacial score (nSPS) is 32.4. The minimum atomic E-state index is -0.358. The molecular weight excluding hydrogens is 186 g/mol. The molecule has 1 N–H and O–H groups in total. The van der Waals surface area contributed by atoms with Crippen molar-refractivity contribution in [1.29, 1.82) is 0 Å². The molecule has 5 nitrogen and oxygen atoms in total. The van der Waals surface area contributed by atoms with Gasteiger partial charge in [-0.05, 0) is 19.3 Å².